The third kappa shape index (κ3) is 2.22. The number of halogens is 2. The van der Waals surface area contributed by atoms with Gasteiger partial charge in [0.25, 0.3) is 5.91 Å². The fourth-order valence-electron chi connectivity index (χ4n) is 0.839. The summed E-state index contributed by atoms with van der Waals surface area (Å²) in [5.41, 5.74) is -0.422. The fourth-order valence-corrected chi connectivity index (χ4v) is 0.839. The molecule has 13 heavy (non-hydrogen) atoms. The Balaban J connectivity index is 2.99. The molecule has 0 aliphatic rings. The van der Waals surface area contributed by atoms with Crippen LogP contribution in [-0.4, -0.2) is 17.7 Å². The van der Waals surface area contributed by atoms with E-state index in [0.717, 1.165) is 18.2 Å². The first-order valence-corrected chi connectivity index (χ1v) is 3.49. The molecule has 0 bridgehead atoms. The zero-order valence-corrected chi connectivity index (χ0v) is 6.55. The van der Waals surface area contributed by atoms with E-state index in [1.807, 2.05) is 5.32 Å². The van der Waals surface area contributed by atoms with E-state index in [1.165, 1.54) is 0 Å². The summed E-state index contributed by atoms with van der Waals surface area (Å²) in [4.78, 5) is 10.9. The highest BCUT2D eigenvalue weighted by Crippen LogP contribution is 2.08. The number of aliphatic hydroxyl groups excluding tert-OH is 1. The molecule has 1 aromatic rings. The molecular weight excluding hydrogens is 180 g/mol. The summed E-state index contributed by atoms with van der Waals surface area (Å²) in [6.45, 7) is -0.616. The number of rotatable bonds is 2. The highest BCUT2D eigenvalue weighted by atomic mass is 19.1. The summed E-state index contributed by atoms with van der Waals surface area (Å²) in [5.74, 6) is -2.38. The van der Waals surface area contributed by atoms with Gasteiger partial charge in [-0.3, -0.25) is 4.79 Å². The van der Waals surface area contributed by atoms with E-state index in [9.17, 15) is 13.6 Å². The van der Waals surface area contributed by atoms with Gasteiger partial charge in [-0.25, -0.2) is 8.78 Å². The summed E-state index contributed by atoms with van der Waals surface area (Å²) in [5, 5.41) is 10.2. The third-order valence-electron chi connectivity index (χ3n) is 1.41. The lowest BCUT2D eigenvalue weighted by Gasteiger charge is -2.02. The molecule has 5 heteroatoms. The van der Waals surface area contributed by atoms with Gasteiger partial charge in [0.1, 0.15) is 18.4 Å². The summed E-state index contributed by atoms with van der Waals surface area (Å²) in [6, 6.07) is 2.52. The van der Waals surface area contributed by atoms with Crippen LogP contribution in [0.3, 0.4) is 0 Å². The van der Waals surface area contributed by atoms with Crippen LogP contribution in [0.15, 0.2) is 18.2 Å². The maximum absolute atomic E-state index is 12.8. The monoisotopic (exact) mass is 187 g/mol. The van der Waals surface area contributed by atoms with E-state index in [1.54, 1.807) is 0 Å². The molecule has 0 unspecified atom stereocenters. The number of carbonyl (C=O) groups excluding carboxylic acids is 1. The molecule has 0 aromatic heterocycles. The number of hydrogen-bond donors (Lipinski definition) is 2. The second-order valence-electron chi connectivity index (χ2n) is 2.29. The van der Waals surface area contributed by atoms with Crippen molar-refractivity contribution in [1.29, 1.82) is 0 Å². The van der Waals surface area contributed by atoms with Gasteiger partial charge in [0.2, 0.25) is 0 Å². The lowest BCUT2D eigenvalue weighted by atomic mass is 10.2. The van der Waals surface area contributed by atoms with Crippen molar-refractivity contribution >= 4 is 5.91 Å². The molecule has 0 aliphatic carbocycles. The van der Waals surface area contributed by atoms with Crippen LogP contribution in [0.1, 0.15) is 10.4 Å². The Kier molecular flexibility index (Phi) is 2.92. The highest BCUT2D eigenvalue weighted by Gasteiger charge is 2.11. The van der Waals surface area contributed by atoms with Crippen LogP contribution >= 0.6 is 0 Å². The molecule has 0 saturated carbocycles. The van der Waals surface area contributed by atoms with Gasteiger partial charge < -0.3 is 10.4 Å². The van der Waals surface area contributed by atoms with Gasteiger partial charge in [-0.05, 0) is 18.2 Å². The number of hydrogen-bond acceptors (Lipinski definition) is 2. The summed E-state index contributed by atoms with van der Waals surface area (Å²) in [7, 11) is 0. The molecule has 0 radical (unpaired) electrons. The fraction of sp³-hybridized carbons (Fsp3) is 0.125. The van der Waals surface area contributed by atoms with E-state index in [-0.39, 0.29) is 0 Å². The predicted octanol–water partition coefficient (Wildman–Crippen LogP) is 0.644. The van der Waals surface area contributed by atoms with E-state index in [0.29, 0.717) is 0 Å². The Morgan fingerprint density at radius 2 is 2.15 bits per heavy atom. The number of nitrogens with one attached hydrogen (secondary N) is 1. The van der Waals surface area contributed by atoms with Crippen molar-refractivity contribution in [3.63, 3.8) is 0 Å². The van der Waals surface area contributed by atoms with Gasteiger partial charge >= 0.3 is 0 Å². The predicted molar refractivity (Wildman–Crippen MR) is 40.9 cm³/mol. The topological polar surface area (TPSA) is 49.3 Å². The third-order valence-corrected chi connectivity index (χ3v) is 1.41. The lowest BCUT2D eigenvalue weighted by Crippen LogP contribution is -2.25. The molecule has 2 N–H and O–H groups in total. The number of aliphatic hydroxyl groups is 1. The zero-order chi connectivity index (χ0) is 9.84. The Hall–Kier alpha value is -1.49. The molecular formula is C8H7F2NO2. The van der Waals surface area contributed by atoms with E-state index >= 15 is 0 Å². The second kappa shape index (κ2) is 3.95. The first-order valence-electron chi connectivity index (χ1n) is 3.49. The van der Waals surface area contributed by atoms with Crippen LogP contribution in [0.25, 0.3) is 0 Å². The van der Waals surface area contributed by atoms with Crippen molar-refractivity contribution in [2.75, 3.05) is 6.73 Å². The lowest BCUT2D eigenvalue weighted by molar-refractivity contribution is 0.0905. The molecule has 70 valence electrons. The van der Waals surface area contributed by atoms with Crippen molar-refractivity contribution in [3.05, 3.63) is 35.4 Å². The summed E-state index contributed by atoms with van der Waals surface area (Å²) in [6.07, 6.45) is 0. The number of amides is 1. The molecule has 1 rings (SSSR count). The van der Waals surface area contributed by atoms with Crippen molar-refractivity contribution in [3.8, 4) is 0 Å². The van der Waals surface area contributed by atoms with Gasteiger partial charge in [0.15, 0.2) is 0 Å². The Bertz CT molecular complexity index is 328. The zero-order valence-electron chi connectivity index (χ0n) is 6.55. The van der Waals surface area contributed by atoms with Gasteiger partial charge in [-0.2, -0.15) is 0 Å². The standard InChI is InChI=1S/C8H7F2NO2/c9-5-1-2-7(10)6(3-5)8(13)11-4-12/h1-3,12H,4H2,(H,11,13). The van der Waals surface area contributed by atoms with Crippen LogP contribution in [0, 0.1) is 11.6 Å². The van der Waals surface area contributed by atoms with Crippen molar-refractivity contribution < 1.29 is 18.7 Å². The Morgan fingerprint density at radius 1 is 1.46 bits per heavy atom. The van der Waals surface area contributed by atoms with Crippen LogP contribution < -0.4 is 5.32 Å². The highest BCUT2D eigenvalue weighted by molar-refractivity contribution is 5.94. The molecule has 1 aromatic carbocycles. The minimum absolute atomic E-state index is 0.422. The van der Waals surface area contributed by atoms with Crippen LogP contribution in [0.2, 0.25) is 0 Å². The van der Waals surface area contributed by atoms with E-state index in [2.05, 4.69) is 0 Å². The molecule has 3 nitrogen and oxygen atoms in total. The minimum atomic E-state index is -0.848. The molecule has 1 amide bonds. The second-order valence-corrected chi connectivity index (χ2v) is 2.29. The molecule has 0 fully saturated rings. The van der Waals surface area contributed by atoms with Crippen molar-refractivity contribution in [2.45, 2.75) is 0 Å². The normalized spacial score (nSPS) is 9.77. The van der Waals surface area contributed by atoms with E-state index < -0.39 is 29.8 Å². The SMILES string of the molecule is O=C(NCO)c1cc(F)ccc1F. The largest absolute Gasteiger partial charge is 0.376 e. The van der Waals surface area contributed by atoms with Crippen LogP contribution in [-0.2, 0) is 0 Å². The Labute approximate surface area is 73.0 Å². The first kappa shape index (κ1) is 9.60. The molecule has 0 spiro atoms. The number of carbonyl (C=O) groups is 1. The summed E-state index contributed by atoms with van der Waals surface area (Å²) >= 11 is 0. The van der Waals surface area contributed by atoms with Crippen LogP contribution in [0.5, 0.6) is 0 Å². The van der Waals surface area contributed by atoms with Gasteiger partial charge in [-0.15, -0.1) is 0 Å². The van der Waals surface area contributed by atoms with E-state index in [4.69, 9.17) is 5.11 Å². The molecule has 0 saturated heterocycles. The average Bonchev–Trinajstić information content (AvgIpc) is 2.09. The Morgan fingerprint density at radius 3 is 2.77 bits per heavy atom. The maximum Gasteiger partial charge on any atom is 0.256 e. The first-order chi connectivity index (χ1) is 6.15. The van der Waals surface area contributed by atoms with Crippen LogP contribution in [0.4, 0.5) is 8.78 Å². The molecule has 0 atom stereocenters. The smallest absolute Gasteiger partial charge is 0.256 e. The van der Waals surface area contributed by atoms with Gasteiger partial charge in [-0.1, -0.05) is 0 Å². The molecule has 0 aliphatic heterocycles. The quantitative estimate of drug-likeness (QED) is 0.667. The minimum Gasteiger partial charge on any atom is -0.376 e. The van der Waals surface area contributed by atoms with Crippen molar-refractivity contribution in [1.82, 2.24) is 5.32 Å². The number of benzene rings is 1. The maximum atomic E-state index is 12.8. The molecule has 0 heterocycles. The van der Waals surface area contributed by atoms with Gasteiger partial charge in [0.05, 0.1) is 5.56 Å². The average molecular weight is 187 g/mol. The van der Waals surface area contributed by atoms with Crippen molar-refractivity contribution in [2.24, 2.45) is 0 Å². The summed E-state index contributed by atoms with van der Waals surface area (Å²) < 4.78 is 25.4. The van der Waals surface area contributed by atoms with Gasteiger partial charge in [0, 0.05) is 0 Å².